The minimum atomic E-state index is -0.407. The summed E-state index contributed by atoms with van der Waals surface area (Å²) in [7, 11) is 4.83. The second kappa shape index (κ2) is 6.32. The summed E-state index contributed by atoms with van der Waals surface area (Å²) in [5, 5.41) is 4.15. The van der Waals surface area contributed by atoms with E-state index in [9.17, 15) is 4.79 Å². The third-order valence-corrected chi connectivity index (χ3v) is 4.52. The lowest BCUT2D eigenvalue weighted by atomic mass is 10.2. The van der Waals surface area contributed by atoms with Crippen molar-refractivity contribution in [3.8, 4) is 11.6 Å². The predicted molar refractivity (Wildman–Crippen MR) is 84.7 cm³/mol. The number of fused-ring (bicyclic) bond motifs is 1. The van der Waals surface area contributed by atoms with E-state index in [0.717, 1.165) is 4.47 Å². The van der Waals surface area contributed by atoms with Crippen molar-refractivity contribution in [2.45, 2.75) is 18.6 Å². The van der Waals surface area contributed by atoms with Crippen LogP contribution in [0.15, 0.2) is 16.9 Å². The van der Waals surface area contributed by atoms with Crippen molar-refractivity contribution < 1.29 is 19.0 Å². The van der Waals surface area contributed by atoms with Crippen molar-refractivity contribution in [1.29, 1.82) is 0 Å². The van der Waals surface area contributed by atoms with Gasteiger partial charge in [-0.15, -0.1) is 0 Å². The van der Waals surface area contributed by atoms with E-state index in [-0.39, 0.29) is 11.9 Å². The van der Waals surface area contributed by atoms with Gasteiger partial charge >= 0.3 is 0 Å². The van der Waals surface area contributed by atoms with Crippen LogP contribution >= 0.6 is 15.9 Å². The number of halogens is 1. The van der Waals surface area contributed by atoms with Gasteiger partial charge in [0.05, 0.1) is 30.0 Å². The van der Waals surface area contributed by atoms with E-state index in [1.165, 1.54) is 7.11 Å². The summed E-state index contributed by atoms with van der Waals surface area (Å²) < 4.78 is 18.6. The third-order valence-electron chi connectivity index (χ3n) is 3.96. The first-order valence-electron chi connectivity index (χ1n) is 7.05. The second-order valence-corrected chi connectivity index (χ2v) is 6.10. The normalized spacial score (nSPS) is 21.2. The van der Waals surface area contributed by atoms with E-state index in [1.807, 2.05) is 0 Å². The van der Waals surface area contributed by atoms with Gasteiger partial charge in [0.2, 0.25) is 0 Å². The van der Waals surface area contributed by atoms with Gasteiger partial charge in [0, 0.05) is 20.6 Å². The Balaban J connectivity index is 1.79. The fourth-order valence-corrected chi connectivity index (χ4v) is 2.92. The van der Waals surface area contributed by atoms with Crippen LogP contribution in [-0.2, 0) is 9.53 Å². The highest BCUT2D eigenvalue weighted by molar-refractivity contribution is 9.10. The molecule has 2 atom stereocenters. The lowest BCUT2D eigenvalue weighted by Gasteiger charge is -2.20. The van der Waals surface area contributed by atoms with Crippen LogP contribution < -0.4 is 9.47 Å². The Morgan fingerprint density at radius 1 is 1.43 bits per heavy atom. The lowest BCUT2D eigenvalue weighted by molar-refractivity contribution is -0.135. The number of methoxy groups -OCH3 is 2. The fourth-order valence-electron chi connectivity index (χ4n) is 2.56. The molecule has 0 saturated carbocycles. The van der Waals surface area contributed by atoms with Crippen LogP contribution in [0.3, 0.4) is 0 Å². The quantitative estimate of drug-likeness (QED) is 0.768. The smallest absolute Gasteiger partial charge is 0.260 e. The first-order valence-corrected chi connectivity index (χ1v) is 7.84. The van der Waals surface area contributed by atoms with Crippen molar-refractivity contribution >= 4 is 27.5 Å². The number of likely N-dealkylation sites (tertiary alicyclic amines) is 1. The molecule has 1 aliphatic rings. The van der Waals surface area contributed by atoms with Crippen molar-refractivity contribution in [2.75, 3.05) is 27.9 Å². The molecule has 2 aromatic rings. The molecule has 0 N–H and O–H groups in total. The molecule has 124 valence electrons. The summed E-state index contributed by atoms with van der Waals surface area (Å²) in [5.41, 5.74) is 0.631. The van der Waals surface area contributed by atoms with E-state index < -0.39 is 6.10 Å². The number of nitrogens with zero attached hydrogens (tertiary/aromatic N) is 4. The van der Waals surface area contributed by atoms with E-state index in [2.05, 4.69) is 26.0 Å². The first-order chi connectivity index (χ1) is 11.0. The molecule has 2 aromatic heterocycles. The van der Waals surface area contributed by atoms with Crippen LogP contribution in [0.2, 0.25) is 0 Å². The zero-order valence-corrected chi connectivity index (χ0v) is 14.6. The van der Waals surface area contributed by atoms with Gasteiger partial charge in [-0.2, -0.15) is 10.1 Å². The van der Waals surface area contributed by atoms with Gasteiger partial charge in [0.25, 0.3) is 11.8 Å². The van der Waals surface area contributed by atoms with Gasteiger partial charge in [-0.1, -0.05) is 0 Å². The maximum absolute atomic E-state index is 12.0. The Morgan fingerprint density at radius 3 is 2.87 bits per heavy atom. The molecular weight excluding hydrogens is 368 g/mol. The number of ether oxygens (including phenoxy) is 3. The largest absolute Gasteiger partial charge is 0.490 e. The Labute approximate surface area is 141 Å². The van der Waals surface area contributed by atoms with Crippen molar-refractivity contribution in [3.05, 3.63) is 16.9 Å². The Hall–Kier alpha value is -1.87. The molecule has 1 amide bonds. The molecule has 1 fully saturated rings. The minimum absolute atomic E-state index is 0.0324. The van der Waals surface area contributed by atoms with Gasteiger partial charge in [-0.3, -0.25) is 4.79 Å². The Bertz CT molecular complexity index is 735. The molecule has 8 nitrogen and oxygen atoms in total. The highest BCUT2D eigenvalue weighted by Gasteiger charge is 2.37. The van der Waals surface area contributed by atoms with E-state index >= 15 is 0 Å². The molecule has 1 saturated heterocycles. The van der Waals surface area contributed by atoms with Crippen LogP contribution in [0.1, 0.15) is 6.42 Å². The lowest BCUT2D eigenvalue weighted by Crippen LogP contribution is -2.34. The standard InChI is InChI=1S/C14H17BrN4O4/c1-18-8(4-10(21-2)14(18)20)7-23-13-11(22-3)6-19-12(17-13)9(15)5-16-19/h5-6,8,10H,4,7H2,1-3H3/t8-,10+/m0/s1. The molecule has 9 heteroatoms. The fraction of sp³-hybridized carbons (Fsp3) is 0.500. The van der Waals surface area contributed by atoms with E-state index in [0.29, 0.717) is 30.3 Å². The molecule has 0 bridgehead atoms. The van der Waals surface area contributed by atoms with Crippen LogP contribution in [-0.4, -0.2) is 65.4 Å². The summed E-state index contributed by atoms with van der Waals surface area (Å²) in [6.45, 7) is 0.313. The molecule has 3 rings (SSSR count). The molecule has 0 aliphatic carbocycles. The zero-order chi connectivity index (χ0) is 16.6. The van der Waals surface area contributed by atoms with Crippen LogP contribution in [0, 0.1) is 0 Å². The molecule has 23 heavy (non-hydrogen) atoms. The van der Waals surface area contributed by atoms with Crippen LogP contribution in [0.25, 0.3) is 5.65 Å². The summed E-state index contributed by atoms with van der Waals surface area (Å²) in [5.74, 6) is 0.807. The zero-order valence-electron chi connectivity index (χ0n) is 13.0. The molecule has 0 unspecified atom stereocenters. The Kier molecular flexibility index (Phi) is 4.40. The number of hydrogen-bond acceptors (Lipinski definition) is 6. The average Bonchev–Trinajstić information content (AvgIpc) is 3.06. The van der Waals surface area contributed by atoms with E-state index in [1.54, 1.807) is 36.0 Å². The Morgan fingerprint density at radius 2 is 2.22 bits per heavy atom. The van der Waals surface area contributed by atoms with Crippen molar-refractivity contribution in [1.82, 2.24) is 19.5 Å². The molecule has 0 spiro atoms. The highest BCUT2D eigenvalue weighted by Crippen LogP contribution is 2.28. The van der Waals surface area contributed by atoms with Gasteiger partial charge in [-0.25, -0.2) is 4.52 Å². The number of carbonyl (C=O) groups is 1. The number of aromatic nitrogens is 3. The maximum Gasteiger partial charge on any atom is 0.260 e. The van der Waals surface area contributed by atoms with Crippen LogP contribution in [0.4, 0.5) is 0 Å². The third kappa shape index (κ3) is 2.86. The number of carbonyl (C=O) groups excluding carboxylic acids is 1. The second-order valence-electron chi connectivity index (χ2n) is 5.25. The molecule has 0 radical (unpaired) electrons. The average molecular weight is 385 g/mol. The van der Waals surface area contributed by atoms with Gasteiger partial charge in [0.1, 0.15) is 12.7 Å². The highest BCUT2D eigenvalue weighted by atomic mass is 79.9. The first kappa shape index (κ1) is 16.0. The van der Waals surface area contributed by atoms with Crippen LogP contribution in [0.5, 0.6) is 11.6 Å². The molecule has 1 aliphatic heterocycles. The summed E-state index contributed by atoms with van der Waals surface area (Å²) in [6.07, 6.45) is 3.53. The summed E-state index contributed by atoms with van der Waals surface area (Å²) in [4.78, 5) is 18.0. The minimum Gasteiger partial charge on any atom is -0.490 e. The molecular formula is C14H17BrN4O4. The number of likely N-dealkylation sites (N-methyl/N-ethyl adjacent to an activating group) is 1. The van der Waals surface area contributed by atoms with Gasteiger partial charge < -0.3 is 19.1 Å². The monoisotopic (exact) mass is 384 g/mol. The van der Waals surface area contributed by atoms with Crippen molar-refractivity contribution in [2.24, 2.45) is 0 Å². The predicted octanol–water partition coefficient (Wildman–Crippen LogP) is 1.12. The number of rotatable bonds is 5. The summed E-state index contributed by atoms with van der Waals surface area (Å²) >= 11 is 3.39. The maximum atomic E-state index is 12.0. The topological polar surface area (TPSA) is 78.2 Å². The van der Waals surface area contributed by atoms with E-state index in [4.69, 9.17) is 14.2 Å². The SMILES string of the molecule is COc1cn2ncc(Br)c2nc1OC[C@@H]1C[C@@H](OC)C(=O)N1C. The number of hydrogen-bond donors (Lipinski definition) is 0. The number of amides is 1. The van der Waals surface area contributed by atoms with Crippen molar-refractivity contribution in [3.63, 3.8) is 0 Å². The van der Waals surface area contributed by atoms with Gasteiger partial charge in [0.15, 0.2) is 11.4 Å². The summed E-state index contributed by atoms with van der Waals surface area (Å²) in [6, 6.07) is -0.0662. The molecule has 0 aromatic carbocycles. The van der Waals surface area contributed by atoms with Gasteiger partial charge in [-0.05, 0) is 15.9 Å². The molecule has 3 heterocycles.